The number of phenols is 11. The van der Waals surface area contributed by atoms with E-state index in [9.17, 15) is 61.0 Å². The van der Waals surface area contributed by atoms with Gasteiger partial charge in [-0.3, -0.25) is 4.79 Å². The maximum absolute atomic E-state index is 14.2. The molecular formula is C66H52O15. The minimum atomic E-state index is -1.07. The summed E-state index contributed by atoms with van der Waals surface area (Å²) in [5.74, 6) is -8.67. The molecule has 9 atom stereocenters. The minimum Gasteiger partial charge on any atom is -0.508 e. The molecule has 0 amide bonds. The predicted molar refractivity (Wildman–Crippen MR) is 294 cm³/mol. The summed E-state index contributed by atoms with van der Waals surface area (Å²) in [5.41, 5.74) is 6.51. The summed E-state index contributed by atoms with van der Waals surface area (Å²) in [5, 5.41) is 127. The van der Waals surface area contributed by atoms with E-state index in [1.165, 1.54) is 86.0 Å². The highest BCUT2D eigenvalue weighted by Gasteiger charge is 2.59. The molecule has 15 nitrogen and oxygen atoms in total. The van der Waals surface area contributed by atoms with Crippen LogP contribution in [0.25, 0.3) is 0 Å². The van der Waals surface area contributed by atoms with Crippen molar-refractivity contribution in [2.24, 2.45) is 0 Å². The maximum Gasteiger partial charge on any atom is 0.306 e. The Kier molecular flexibility index (Phi) is 11.8. The van der Waals surface area contributed by atoms with Gasteiger partial charge in [-0.25, -0.2) is 0 Å². The molecule has 2 aliphatic carbocycles. The summed E-state index contributed by atoms with van der Waals surface area (Å²) in [7, 11) is 1.25. The van der Waals surface area contributed by atoms with E-state index in [0.717, 1.165) is 0 Å². The molecule has 0 unspecified atom stereocenters. The molecule has 2 heterocycles. The fourth-order valence-corrected chi connectivity index (χ4v) is 13.8. The molecule has 13 rings (SSSR count). The summed E-state index contributed by atoms with van der Waals surface area (Å²) in [6.07, 6.45) is -2.28. The Bertz CT molecular complexity index is 3950. The van der Waals surface area contributed by atoms with Gasteiger partial charge < -0.3 is 70.4 Å². The Hall–Kier alpha value is -10.2. The first-order chi connectivity index (χ1) is 39.0. The highest BCUT2D eigenvalue weighted by atomic mass is 16.5. The van der Waals surface area contributed by atoms with Crippen LogP contribution in [0.2, 0.25) is 0 Å². The number of hydrogen-bond acceptors (Lipinski definition) is 15. The zero-order valence-corrected chi connectivity index (χ0v) is 43.0. The summed E-state index contributed by atoms with van der Waals surface area (Å²) in [6, 6.07) is 42.3. The van der Waals surface area contributed by atoms with Crippen LogP contribution in [0.3, 0.4) is 0 Å². The zero-order valence-electron chi connectivity index (χ0n) is 43.0. The summed E-state index contributed by atoms with van der Waals surface area (Å²) < 4.78 is 19.6. The molecule has 2 aliphatic heterocycles. The maximum atomic E-state index is 14.2. The van der Waals surface area contributed by atoms with Crippen LogP contribution in [0.5, 0.6) is 74.7 Å². The molecule has 406 valence electrons. The molecule has 11 N–H and O–H groups in total. The van der Waals surface area contributed by atoms with Crippen molar-refractivity contribution in [1.29, 1.82) is 0 Å². The van der Waals surface area contributed by atoms with Crippen molar-refractivity contribution in [2.75, 3.05) is 7.11 Å². The predicted octanol–water partition coefficient (Wildman–Crippen LogP) is 11.8. The fourth-order valence-electron chi connectivity index (χ4n) is 13.8. The topological polar surface area (TPSA) is 267 Å². The molecule has 9 aromatic carbocycles. The average molecular weight is 1090 g/mol. The largest absolute Gasteiger partial charge is 0.508 e. The lowest BCUT2D eigenvalue weighted by Crippen LogP contribution is -2.21. The third kappa shape index (κ3) is 8.21. The van der Waals surface area contributed by atoms with Crippen molar-refractivity contribution in [3.05, 3.63) is 242 Å². The second kappa shape index (κ2) is 19.0. The van der Waals surface area contributed by atoms with Gasteiger partial charge in [-0.1, -0.05) is 60.7 Å². The number of hydrogen-bond donors (Lipinski definition) is 11. The first-order valence-electron chi connectivity index (χ1n) is 26.3. The van der Waals surface area contributed by atoms with Crippen LogP contribution >= 0.6 is 0 Å². The van der Waals surface area contributed by atoms with E-state index < -0.39 is 59.6 Å². The van der Waals surface area contributed by atoms with E-state index in [0.29, 0.717) is 72.3 Å². The van der Waals surface area contributed by atoms with Crippen LogP contribution in [0.1, 0.15) is 138 Å². The Morgan fingerprint density at radius 1 is 0.420 bits per heavy atom. The third-order valence-corrected chi connectivity index (χ3v) is 16.9. The Morgan fingerprint density at radius 3 is 1.46 bits per heavy atom. The van der Waals surface area contributed by atoms with Crippen LogP contribution < -0.4 is 9.47 Å². The van der Waals surface area contributed by atoms with Gasteiger partial charge in [-0.15, -0.1) is 0 Å². The second-order valence-electron chi connectivity index (χ2n) is 21.4. The Balaban J connectivity index is 1.22. The van der Waals surface area contributed by atoms with Crippen molar-refractivity contribution in [2.45, 2.75) is 60.1 Å². The first kappa shape index (κ1) is 50.4. The molecule has 0 fully saturated rings. The molecule has 0 saturated carbocycles. The van der Waals surface area contributed by atoms with E-state index in [4.69, 9.17) is 14.2 Å². The summed E-state index contributed by atoms with van der Waals surface area (Å²) in [4.78, 5) is 13.9. The molecule has 0 aromatic heterocycles. The van der Waals surface area contributed by atoms with Gasteiger partial charge in [0.15, 0.2) is 0 Å². The number of ether oxygens (including phenoxy) is 3. The van der Waals surface area contributed by atoms with Crippen LogP contribution in [0.15, 0.2) is 164 Å². The highest BCUT2D eigenvalue weighted by molar-refractivity contribution is 5.79. The zero-order chi connectivity index (χ0) is 56.3. The first-order valence-corrected chi connectivity index (χ1v) is 26.3. The molecule has 15 heteroatoms. The van der Waals surface area contributed by atoms with E-state index in [2.05, 4.69) is 0 Å². The third-order valence-electron chi connectivity index (χ3n) is 16.9. The van der Waals surface area contributed by atoms with Gasteiger partial charge in [-0.05, 0) is 135 Å². The van der Waals surface area contributed by atoms with Crippen molar-refractivity contribution >= 4 is 5.97 Å². The molecule has 0 bridgehead atoms. The average Bonchev–Trinajstić information content (AvgIpc) is 1.86. The fraction of sp³-hybridized carbons (Fsp3) is 0.167. The quantitative estimate of drug-likeness (QED) is 0.0569. The Labute approximate surface area is 462 Å². The molecule has 0 spiro atoms. The van der Waals surface area contributed by atoms with Crippen molar-refractivity contribution in [3.63, 3.8) is 0 Å². The van der Waals surface area contributed by atoms with E-state index in [1.807, 2.05) is 0 Å². The lowest BCUT2D eigenvalue weighted by atomic mass is 9.68. The van der Waals surface area contributed by atoms with Gasteiger partial charge in [-0.2, -0.15) is 0 Å². The highest BCUT2D eigenvalue weighted by Crippen LogP contribution is 2.73. The molecule has 4 aliphatic rings. The van der Waals surface area contributed by atoms with Gasteiger partial charge in [0, 0.05) is 75.6 Å². The summed E-state index contributed by atoms with van der Waals surface area (Å²) in [6.45, 7) is 0. The van der Waals surface area contributed by atoms with Gasteiger partial charge >= 0.3 is 5.97 Å². The normalized spacial score (nSPS) is 21.2. The van der Waals surface area contributed by atoms with E-state index >= 15 is 0 Å². The van der Waals surface area contributed by atoms with E-state index in [-0.39, 0.29) is 86.7 Å². The van der Waals surface area contributed by atoms with Crippen molar-refractivity contribution < 1.29 is 75.2 Å². The lowest BCUT2D eigenvalue weighted by molar-refractivity contribution is -0.140. The molecule has 81 heavy (non-hydrogen) atoms. The number of methoxy groups -OCH3 is 1. The number of carbonyl (C=O) groups is 1. The smallest absolute Gasteiger partial charge is 0.306 e. The van der Waals surface area contributed by atoms with Crippen LogP contribution in [-0.2, 0) is 9.53 Å². The van der Waals surface area contributed by atoms with Gasteiger partial charge in [0.05, 0.1) is 25.4 Å². The number of carbonyl (C=O) groups excluding carboxylic acids is 1. The second-order valence-corrected chi connectivity index (χ2v) is 21.4. The number of aromatic hydroxyl groups is 11. The monoisotopic (exact) mass is 1080 g/mol. The van der Waals surface area contributed by atoms with Crippen LogP contribution in [0, 0.1) is 0 Å². The van der Waals surface area contributed by atoms with Gasteiger partial charge in [0.1, 0.15) is 87.0 Å². The standard InChI is InChI=1S/C66H52O15/c1-79-50(77)29-45(30-2-12-36(67)13-3-30)58-63(78)61-56(47-26-44(75)28-49-55(47)53(35-22-41(72)24-42(73)23-35)64(80-49)33-8-18-39(70)19-9-33)52(32-6-16-38(69)17-7-32)59-51(31-4-14-37(68)15-5-31)54-46(25-43(74)27-48(54)76)57-62(60(59)61)66(58)81-65(57)34-10-20-40(71)21-11-34/h2-28,45,51-53,56-57,59,64-65,67-76,78H,29H2,1H3/t45-,51+,52-,53-,56+,57+,59-,64-,65-/m1/s1. The number of esters is 1. The Morgan fingerprint density at radius 2 is 0.901 bits per heavy atom. The van der Waals surface area contributed by atoms with Crippen LogP contribution in [-0.4, -0.2) is 69.3 Å². The molecular weight excluding hydrogens is 1030 g/mol. The lowest BCUT2D eigenvalue weighted by Gasteiger charge is -2.35. The van der Waals surface area contributed by atoms with Crippen LogP contribution in [0.4, 0.5) is 0 Å². The molecule has 0 saturated heterocycles. The number of benzene rings is 9. The number of rotatable bonds is 10. The van der Waals surface area contributed by atoms with Gasteiger partial charge in [0.25, 0.3) is 0 Å². The summed E-state index contributed by atoms with van der Waals surface area (Å²) >= 11 is 0. The SMILES string of the molecule is COC(=O)C[C@H](c1ccc(O)cc1)c1c(O)c2c3c4c1O[C@H](c1ccc(O)cc1)[C@H]4c1cc(O)cc(O)c1[C@H](c1ccc(O)cc1)[C@@H]3[C@H](c1ccc(O)cc1)[C@@H]2c1cc(O)cc2c1[C@@H](c1cc(O)cc(O)c1)[C@@H](c1ccc(O)cc1)O2. The van der Waals surface area contributed by atoms with E-state index in [1.54, 1.807) is 84.9 Å². The molecule has 0 radical (unpaired) electrons. The number of fused-ring (bicyclic) bond motifs is 3. The molecule has 9 aromatic rings. The van der Waals surface area contributed by atoms with Crippen molar-refractivity contribution in [3.8, 4) is 74.7 Å². The van der Waals surface area contributed by atoms with Gasteiger partial charge in [0.2, 0.25) is 0 Å². The van der Waals surface area contributed by atoms with Crippen molar-refractivity contribution in [1.82, 2.24) is 0 Å². The number of phenolic OH excluding ortho intramolecular Hbond substituents is 11. The minimum absolute atomic E-state index is 0.0107.